The number of aromatic nitrogens is 1. The van der Waals surface area contributed by atoms with Crippen LogP contribution in [-0.4, -0.2) is 35.8 Å². The van der Waals surface area contributed by atoms with Gasteiger partial charge < -0.3 is 19.7 Å². The summed E-state index contributed by atoms with van der Waals surface area (Å²) < 4.78 is 7.83. The highest BCUT2D eigenvalue weighted by molar-refractivity contribution is 7.13. The van der Waals surface area contributed by atoms with Gasteiger partial charge in [0.1, 0.15) is 11.4 Å². The second-order valence-electron chi connectivity index (χ2n) is 9.56. The molecule has 1 aliphatic rings. The topological polar surface area (TPSA) is 63.5 Å². The highest BCUT2D eigenvalue weighted by Crippen LogP contribution is 2.43. The molecule has 32 heavy (non-hydrogen) atoms. The summed E-state index contributed by atoms with van der Waals surface area (Å²) in [6, 6.07) is 10.5. The van der Waals surface area contributed by atoms with E-state index in [1.807, 2.05) is 12.1 Å². The SMILES string of the molecule is COc1cc2c(cc1CCCO)-c1c(-c3cccs3)cc(C(=O)NCC(C)(C)C)n1CC2. The Morgan fingerprint density at radius 3 is 2.72 bits per heavy atom. The maximum absolute atomic E-state index is 13.2. The lowest BCUT2D eigenvalue weighted by Crippen LogP contribution is -2.33. The average molecular weight is 453 g/mol. The van der Waals surface area contributed by atoms with E-state index in [1.165, 1.54) is 5.56 Å². The van der Waals surface area contributed by atoms with Crippen molar-refractivity contribution in [2.45, 2.75) is 46.6 Å². The minimum Gasteiger partial charge on any atom is -0.496 e. The van der Waals surface area contributed by atoms with Crippen LogP contribution in [0.1, 0.15) is 48.8 Å². The second-order valence-corrected chi connectivity index (χ2v) is 10.5. The maximum Gasteiger partial charge on any atom is 0.267 e. The zero-order chi connectivity index (χ0) is 22.9. The number of carbonyl (C=O) groups excluding carboxylic acids is 1. The third kappa shape index (κ3) is 4.48. The van der Waals surface area contributed by atoms with E-state index in [9.17, 15) is 9.90 Å². The normalized spacial score (nSPS) is 12.9. The van der Waals surface area contributed by atoms with Crippen LogP contribution in [0, 0.1) is 5.41 Å². The van der Waals surface area contributed by atoms with E-state index in [2.05, 4.69) is 54.2 Å². The molecule has 0 bridgehead atoms. The van der Waals surface area contributed by atoms with Gasteiger partial charge in [-0.25, -0.2) is 0 Å². The standard InChI is InChI=1S/C26H32N2O3S/c1-26(2,3)16-27-25(30)21-15-20(23-8-6-12-32-23)24-19-13-18(7-5-11-29)22(31-4)14-17(19)9-10-28(21)24/h6,8,12-15,29H,5,7,9-11,16H2,1-4H3,(H,27,30). The van der Waals surface area contributed by atoms with Gasteiger partial charge in [0, 0.05) is 35.7 Å². The number of ether oxygens (including phenoxy) is 1. The van der Waals surface area contributed by atoms with Crippen LogP contribution in [0.5, 0.6) is 5.75 Å². The summed E-state index contributed by atoms with van der Waals surface area (Å²) in [4.78, 5) is 14.3. The number of aliphatic hydroxyl groups is 1. The number of benzene rings is 1. The van der Waals surface area contributed by atoms with Gasteiger partial charge in [-0.1, -0.05) is 26.8 Å². The number of methoxy groups -OCH3 is 1. The maximum atomic E-state index is 13.2. The number of amides is 1. The Balaban J connectivity index is 1.84. The molecule has 5 nitrogen and oxygen atoms in total. The van der Waals surface area contributed by atoms with Crippen LogP contribution in [0.25, 0.3) is 21.7 Å². The molecule has 2 aromatic heterocycles. The number of hydrogen-bond donors (Lipinski definition) is 2. The van der Waals surface area contributed by atoms with Crippen molar-refractivity contribution in [2.24, 2.45) is 5.41 Å². The van der Waals surface area contributed by atoms with Crippen molar-refractivity contribution in [2.75, 3.05) is 20.3 Å². The predicted octanol–water partition coefficient (Wildman–Crippen LogP) is 5.15. The molecule has 1 aliphatic heterocycles. The summed E-state index contributed by atoms with van der Waals surface area (Å²) in [5.41, 5.74) is 6.41. The summed E-state index contributed by atoms with van der Waals surface area (Å²) in [7, 11) is 1.70. The molecule has 1 aromatic carbocycles. The van der Waals surface area contributed by atoms with E-state index in [0.29, 0.717) is 18.7 Å². The van der Waals surface area contributed by atoms with Gasteiger partial charge >= 0.3 is 0 Å². The number of rotatable bonds is 7. The lowest BCUT2D eigenvalue weighted by Gasteiger charge is -2.25. The number of aryl methyl sites for hydroxylation is 2. The number of nitrogens with zero attached hydrogens (tertiary/aromatic N) is 1. The Morgan fingerprint density at radius 1 is 1.25 bits per heavy atom. The quantitative estimate of drug-likeness (QED) is 0.521. The summed E-state index contributed by atoms with van der Waals surface area (Å²) in [6.45, 7) is 7.89. The second kappa shape index (κ2) is 9.12. The molecule has 0 fully saturated rings. The van der Waals surface area contributed by atoms with Crippen LogP contribution in [-0.2, 0) is 19.4 Å². The molecule has 3 aromatic rings. The number of fused-ring (bicyclic) bond motifs is 3. The molecule has 0 aliphatic carbocycles. The zero-order valence-corrected chi connectivity index (χ0v) is 20.1. The zero-order valence-electron chi connectivity index (χ0n) is 19.3. The Kier molecular flexibility index (Phi) is 6.45. The smallest absolute Gasteiger partial charge is 0.267 e. The number of thiophene rings is 1. The molecule has 4 rings (SSSR count). The number of carbonyl (C=O) groups is 1. The van der Waals surface area contributed by atoms with Gasteiger partial charge in [-0.15, -0.1) is 11.3 Å². The molecule has 170 valence electrons. The first-order valence-electron chi connectivity index (χ1n) is 11.2. The highest BCUT2D eigenvalue weighted by Gasteiger charge is 2.28. The average Bonchev–Trinajstić information content (AvgIpc) is 3.42. The van der Waals surface area contributed by atoms with E-state index < -0.39 is 0 Å². The van der Waals surface area contributed by atoms with Crippen molar-refractivity contribution >= 4 is 17.2 Å². The fourth-order valence-corrected chi connectivity index (χ4v) is 5.04. The van der Waals surface area contributed by atoms with Crippen LogP contribution in [0.2, 0.25) is 0 Å². The van der Waals surface area contributed by atoms with E-state index in [-0.39, 0.29) is 17.9 Å². The first-order chi connectivity index (χ1) is 15.3. The van der Waals surface area contributed by atoms with Crippen molar-refractivity contribution in [1.29, 1.82) is 0 Å². The molecule has 0 atom stereocenters. The van der Waals surface area contributed by atoms with Gasteiger partial charge in [0.2, 0.25) is 0 Å². The summed E-state index contributed by atoms with van der Waals surface area (Å²) in [6.07, 6.45) is 2.28. The Morgan fingerprint density at radius 2 is 2.06 bits per heavy atom. The van der Waals surface area contributed by atoms with Crippen LogP contribution in [0.4, 0.5) is 0 Å². The van der Waals surface area contributed by atoms with Gasteiger partial charge in [-0.2, -0.15) is 0 Å². The van der Waals surface area contributed by atoms with Crippen molar-refractivity contribution in [3.63, 3.8) is 0 Å². The van der Waals surface area contributed by atoms with Gasteiger partial charge in [0.25, 0.3) is 5.91 Å². The highest BCUT2D eigenvalue weighted by atomic mass is 32.1. The minimum atomic E-state index is -0.0264. The molecule has 0 radical (unpaired) electrons. The first kappa shape index (κ1) is 22.6. The molecule has 0 spiro atoms. The largest absolute Gasteiger partial charge is 0.496 e. The third-order valence-corrected chi connectivity index (χ3v) is 6.77. The van der Waals surface area contributed by atoms with Crippen molar-refractivity contribution in [3.05, 3.63) is 52.5 Å². The van der Waals surface area contributed by atoms with Crippen LogP contribution in [0.15, 0.2) is 35.7 Å². The number of nitrogens with one attached hydrogen (secondary N) is 1. The molecule has 3 heterocycles. The van der Waals surface area contributed by atoms with Crippen LogP contribution in [0.3, 0.4) is 0 Å². The molecule has 0 saturated heterocycles. The molecular weight excluding hydrogens is 420 g/mol. The Labute approximate surface area is 194 Å². The number of aliphatic hydroxyl groups excluding tert-OH is 1. The van der Waals surface area contributed by atoms with Crippen molar-refractivity contribution in [1.82, 2.24) is 9.88 Å². The van der Waals surface area contributed by atoms with Gasteiger partial charge in [0.05, 0.1) is 12.8 Å². The monoisotopic (exact) mass is 452 g/mol. The van der Waals surface area contributed by atoms with E-state index in [0.717, 1.165) is 52.4 Å². The third-order valence-electron chi connectivity index (χ3n) is 5.87. The van der Waals surface area contributed by atoms with E-state index in [4.69, 9.17) is 4.74 Å². The number of hydrogen-bond acceptors (Lipinski definition) is 4. The fourth-order valence-electron chi connectivity index (χ4n) is 4.30. The first-order valence-corrected chi connectivity index (χ1v) is 12.1. The van der Waals surface area contributed by atoms with E-state index >= 15 is 0 Å². The predicted molar refractivity (Wildman–Crippen MR) is 131 cm³/mol. The van der Waals surface area contributed by atoms with Gasteiger partial charge in [0.15, 0.2) is 0 Å². The molecule has 6 heteroatoms. The van der Waals surface area contributed by atoms with Gasteiger partial charge in [-0.05, 0) is 65.4 Å². The van der Waals surface area contributed by atoms with Crippen LogP contribution >= 0.6 is 11.3 Å². The van der Waals surface area contributed by atoms with Crippen molar-refractivity contribution < 1.29 is 14.6 Å². The Bertz CT molecular complexity index is 1110. The minimum absolute atomic E-state index is 0.0221. The molecule has 2 N–H and O–H groups in total. The summed E-state index contributed by atoms with van der Waals surface area (Å²) >= 11 is 1.69. The molecule has 1 amide bonds. The summed E-state index contributed by atoms with van der Waals surface area (Å²) in [5.74, 6) is 0.847. The Hall–Kier alpha value is -2.57. The molecular formula is C26H32N2O3S. The van der Waals surface area contributed by atoms with Gasteiger partial charge in [-0.3, -0.25) is 4.79 Å². The van der Waals surface area contributed by atoms with Crippen LogP contribution < -0.4 is 10.1 Å². The summed E-state index contributed by atoms with van der Waals surface area (Å²) in [5, 5.41) is 14.5. The van der Waals surface area contributed by atoms with Crippen molar-refractivity contribution in [3.8, 4) is 27.4 Å². The molecule has 0 saturated carbocycles. The lowest BCUT2D eigenvalue weighted by molar-refractivity contribution is 0.0930. The fraction of sp³-hybridized carbons (Fsp3) is 0.423. The molecule has 0 unspecified atom stereocenters. The lowest BCUT2D eigenvalue weighted by atomic mass is 9.92. The van der Waals surface area contributed by atoms with E-state index in [1.54, 1.807) is 18.4 Å².